The largest absolute Gasteiger partial charge is 0.471 e. The summed E-state index contributed by atoms with van der Waals surface area (Å²) < 4.78 is 19.5. The van der Waals surface area contributed by atoms with E-state index in [4.69, 9.17) is 16.3 Å². The van der Waals surface area contributed by atoms with Crippen LogP contribution in [-0.4, -0.2) is 40.0 Å². The predicted octanol–water partition coefficient (Wildman–Crippen LogP) is 2.56. The maximum atomic E-state index is 13.8. The average molecular weight is 322 g/mol. The van der Waals surface area contributed by atoms with Gasteiger partial charge in [-0.05, 0) is 12.1 Å². The van der Waals surface area contributed by atoms with Crippen LogP contribution in [0.4, 0.5) is 4.39 Å². The van der Waals surface area contributed by atoms with Crippen LogP contribution in [0.3, 0.4) is 0 Å². The van der Waals surface area contributed by atoms with Gasteiger partial charge < -0.3 is 9.64 Å². The highest BCUT2D eigenvalue weighted by atomic mass is 35.5. The Kier molecular flexibility index (Phi) is 4.20. The molecule has 0 radical (unpaired) electrons. The first kappa shape index (κ1) is 14.7. The summed E-state index contributed by atoms with van der Waals surface area (Å²) in [6.45, 7) is 0.842. The van der Waals surface area contributed by atoms with Gasteiger partial charge >= 0.3 is 0 Å². The van der Waals surface area contributed by atoms with Crippen LogP contribution in [-0.2, 0) is 0 Å². The molecule has 1 aliphatic heterocycles. The van der Waals surface area contributed by atoms with Crippen molar-refractivity contribution in [3.63, 3.8) is 0 Å². The number of carbonyl (C=O) groups excluding carboxylic acids is 1. The molecule has 7 heteroatoms. The molecule has 1 amide bonds. The number of amides is 1. The molecular formula is C15H13ClFN3O2. The third-order valence-corrected chi connectivity index (χ3v) is 3.75. The van der Waals surface area contributed by atoms with Crippen LogP contribution >= 0.6 is 11.6 Å². The van der Waals surface area contributed by atoms with Crippen LogP contribution in [0.15, 0.2) is 36.8 Å². The van der Waals surface area contributed by atoms with Crippen molar-refractivity contribution in [1.82, 2.24) is 14.9 Å². The van der Waals surface area contributed by atoms with Crippen molar-refractivity contribution in [3.05, 3.63) is 53.2 Å². The summed E-state index contributed by atoms with van der Waals surface area (Å²) >= 11 is 5.93. The minimum Gasteiger partial charge on any atom is -0.471 e. The lowest BCUT2D eigenvalue weighted by atomic mass is 10.2. The van der Waals surface area contributed by atoms with E-state index in [1.807, 2.05) is 0 Å². The molecule has 1 atom stereocenters. The predicted molar refractivity (Wildman–Crippen MR) is 78.4 cm³/mol. The maximum absolute atomic E-state index is 13.8. The monoisotopic (exact) mass is 321 g/mol. The van der Waals surface area contributed by atoms with Gasteiger partial charge in [0, 0.05) is 25.4 Å². The molecule has 2 aromatic rings. The van der Waals surface area contributed by atoms with E-state index in [2.05, 4.69) is 9.97 Å². The fourth-order valence-electron chi connectivity index (χ4n) is 2.39. The molecule has 114 valence electrons. The lowest BCUT2D eigenvalue weighted by Gasteiger charge is -2.18. The third-order valence-electron chi connectivity index (χ3n) is 3.44. The SMILES string of the molecule is O=C(c1c(F)cccc1Cl)N1CC[C@H](Oc2cnccn2)C1. The zero-order valence-corrected chi connectivity index (χ0v) is 12.3. The van der Waals surface area contributed by atoms with Crippen molar-refractivity contribution in [1.29, 1.82) is 0 Å². The van der Waals surface area contributed by atoms with Crippen molar-refractivity contribution in [2.24, 2.45) is 0 Å². The Morgan fingerprint density at radius 1 is 1.41 bits per heavy atom. The Labute approximate surface area is 131 Å². The quantitative estimate of drug-likeness (QED) is 0.872. The minimum absolute atomic E-state index is 0.0932. The molecule has 1 aromatic carbocycles. The van der Waals surface area contributed by atoms with Gasteiger partial charge in [0.05, 0.1) is 23.3 Å². The van der Waals surface area contributed by atoms with Gasteiger partial charge in [-0.2, -0.15) is 0 Å². The zero-order chi connectivity index (χ0) is 15.5. The fraction of sp³-hybridized carbons (Fsp3) is 0.267. The van der Waals surface area contributed by atoms with Crippen molar-refractivity contribution in [2.45, 2.75) is 12.5 Å². The average Bonchev–Trinajstić information content (AvgIpc) is 2.96. The summed E-state index contributed by atoms with van der Waals surface area (Å²) in [5.41, 5.74) is -0.0932. The molecule has 1 fully saturated rings. The van der Waals surface area contributed by atoms with Gasteiger partial charge in [-0.3, -0.25) is 9.78 Å². The van der Waals surface area contributed by atoms with Gasteiger partial charge in [0.15, 0.2) is 0 Å². The Bertz CT molecular complexity index is 663. The Morgan fingerprint density at radius 2 is 2.27 bits per heavy atom. The van der Waals surface area contributed by atoms with E-state index in [0.717, 1.165) is 0 Å². The highest BCUT2D eigenvalue weighted by molar-refractivity contribution is 6.33. The Morgan fingerprint density at radius 3 is 3.00 bits per heavy atom. The Balaban J connectivity index is 1.69. The molecular weight excluding hydrogens is 309 g/mol. The fourth-order valence-corrected chi connectivity index (χ4v) is 2.63. The van der Waals surface area contributed by atoms with Gasteiger partial charge in [-0.15, -0.1) is 0 Å². The van der Waals surface area contributed by atoms with E-state index in [1.165, 1.54) is 35.5 Å². The van der Waals surface area contributed by atoms with Crippen molar-refractivity contribution in [2.75, 3.05) is 13.1 Å². The molecule has 0 saturated carbocycles. The van der Waals surface area contributed by atoms with Crippen molar-refractivity contribution < 1.29 is 13.9 Å². The van der Waals surface area contributed by atoms with Crippen molar-refractivity contribution in [3.8, 4) is 5.88 Å². The molecule has 1 aliphatic rings. The van der Waals surface area contributed by atoms with E-state index in [0.29, 0.717) is 25.4 Å². The second-order valence-electron chi connectivity index (χ2n) is 4.92. The summed E-state index contributed by atoms with van der Waals surface area (Å²) in [5, 5.41) is 0.114. The zero-order valence-electron chi connectivity index (χ0n) is 11.6. The molecule has 0 unspecified atom stereocenters. The van der Waals surface area contributed by atoms with Crippen LogP contribution in [0.25, 0.3) is 0 Å². The lowest BCUT2D eigenvalue weighted by Crippen LogP contribution is -2.31. The normalized spacial score (nSPS) is 17.5. The number of ether oxygens (including phenoxy) is 1. The minimum atomic E-state index is -0.615. The molecule has 2 heterocycles. The molecule has 0 aliphatic carbocycles. The highest BCUT2D eigenvalue weighted by Crippen LogP contribution is 2.24. The van der Waals surface area contributed by atoms with Crippen LogP contribution in [0.2, 0.25) is 5.02 Å². The molecule has 22 heavy (non-hydrogen) atoms. The lowest BCUT2D eigenvalue weighted by molar-refractivity contribution is 0.0766. The summed E-state index contributed by atoms with van der Waals surface area (Å²) in [6, 6.07) is 4.20. The van der Waals surface area contributed by atoms with E-state index in [-0.39, 0.29) is 16.7 Å². The number of benzene rings is 1. The maximum Gasteiger partial charge on any atom is 0.258 e. The number of carbonyl (C=O) groups is 1. The smallest absolute Gasteiger partial charge is 0.258 e. The highest BCUT2D eigenvalue weighted by Gasteiger charge is 2.30. The molecule has 0 bridgehead atoms. The number of aromatic nitrogens is 2. The van der Waals surface area contributed by atoms with Crippen LogP contribution in [0, 0.1) is 5.82 Å². The van der Waals surface area contributed by atoms with Crippen LogP contribution in [0.1, 0.15) is 16.8 Å². The topological polar surface area (TPSA) is 55.3 Å². The number of nitrogens with zero attached hydrogens (tertiary/aromatic N) is 3. The molecule has 0 N–H and O–H groups in total. The number of hydrogen-bond donors (Lipinski definition) is 0. The van der Waals surface area contributed by atoms with E-state index < -0.39 is 11.7 Å². The van der Waals surface area contributed by atoms with Gasteiger partial charge in [0.1, 0.15) is 11.9 Å². The van der Waals surface area contributed by atoms with Gasteiger partial charge in [0.25, 0.3) is 5.91 Å². The van der Waals surface area contributed by atoms with E-state index >= 15 is 0 Å². The molecule has 3 rings (SSSR count). The standard InChI is InChI=1S/C15H13ClFN3O2/c16-11-2-1-3-12(17)14(11)15(21)20-7-4-10(9-20)22-13-8-18-5-6-19-13/h1-3,5-6,8,10H,4,7,9H2/t10-/m0/s1. The summed E-state index contributed by atoms with van der Waals surface area (Å²) in [6.07, 6.45) is 5.06. The van der Waals surface area contributed by atoms with E-state index in [1.54, 1.807) is 6.20 Å². The van der Waals surface area contributed by atoms with Gasteiger partial charge in [-0.25, -0.2) is 9.37 Å². The number of rotatable bonds is 3. The summed E-state index contributed by atoms with van der Waals surface area (Å²) in [7, 11) is 0. The molecule has 5 nitrogen and oxygen atoms in total. The van der Waals surface area contributed by atoms with Gasteiger partial charge in [-0.1, -0.05) is 17.7 Å². The Hall–Kier alpha value is -2.21. The first-order valence-corrected chi connectivity index (χ1v) is 7.19. The number of hydrogen-bond acceptors (Lipinski definition) is 4. The van der Waals surface area contributed by atoms with Crippen LogP contribution in [0.5, 0.6) is 5.88 Å². The second-order valence-corrected chi connectivity index (χ2v) is 5.33. The molecule has 1 aromatic heterocycles. The van der Waals surface area contributed by atoms with Crippen molar-refractivity contribution >= 4 is 17.5 Å². The van der Waals surface area contributed by atoms with Gasteiger partial charge in [0.2, 0.25) is 5.88 Å². The first-order chi connectivity index (χ1) is 10.6. The first-order valence-electron chi connectivity index (χ1n) is 6.81. The third kappa shape index (κ3) is 3.01. The number of halogens is 2. The van der Waals surface area contributed by atoms with E-state index in [9.17, 15) is 9.18 Å². The second kappa shape index (κ2) is 6.27. The molecule has 1 saturated heterocycles. The summed E-state index contributed by atoms with van der Waals surface area (Å²) in [5.74, 6) is -0.630. The summed E-state index contributed by atoms with van der Waals surface area (Å²) in [4.78, 5) is 21.9. The van der Waals surface area contributed by atoms with Crippen LogP contribution < -0.4 is 4.74 Å². The number of likely N-dealkylation sites (tertiary alicyclic amines) is 1. The molecule has 0 spiro atoms.